The summed E-state index contributed by atoms with van der Waals surface area (Å²) >= 11 is 6.74. The van der Waals surface area contributed by atoms with E-state index in [9.17, 15) is 18.0 Å². The summed E-state index contributed by atoms with van der Waals surface area (Å²) in [5, 5.41) is 0. The molecular weight excluding hydrogens is 448 g/mol. The molecule has 10 heteroatoms. The zero-order valence-corrected chi connectivity index (χ0v) is 19.0. The summed E-state index contributed by atoms with van der Waals surface area (Å²) in [4.78, 5) is 26.6. The molecule has 1 saturated heterocycles. The van der Waals surface area contributed by atoms with Crippen molar-refractivity contribution in [2.45, 2.75) is 37.0 Å². The monoisotopic (exact) mass is 470 g/mol. The van der Waals surface area contributed by atoms with Gasteiger partial charge < -0.3 is 9.64 Å². The number of benzene rings is 1. The molecule has 7 nitrogen and oxygen atoms in total. The number of likely N-dealkylation sites (tertiary alicyclic amines) is 1. The van der Waals surface area contributed by atoms with Crippen LogP contribution in [-0.2, 0) is 19.6 Å². The highest BCUT2D eigenvalue weighted by atomic mass is 35.5. The van der Waals surface area contributed by atoms with Crippen molar-refractivity contribution < 1.29 is 22.7 Å². The molecule has 1 N–H and O–H groups in total. The normalized spacial score (nSPS) is 16.2. The predicted molar refractivity (Wildman–Crippen MR) is 116 cm³/mol. The molecule has 2 aromatic rings. The summed E-state index contributed by atoms with van der Waals surface area (Å²) in [5.74, 6) is -0.241. The van der Waals surface area contributed by atoms with Crippen LogP contribution in [0.5, 0.6) is 0 Å². The van der Waals surface area contributed by atoms with Crippen LogP contribution in [0.4, 0.5) is 5.69 Å². The van der Waals surface area contributed by atoms with Gasteiger partial charge in [0.05, 0.1) is 9.90 Å². The van der Waals surface area contributed by atoms with Gasteiger partial charge in [0.15, 0.2) is 6.10 Å². The van der Waals surface area contributed by atoms with Crippen LogP contribution in [0, 0.1) is 5.92 Å². The Morgan fingerprint density at radius 1 is 1.17 bits per heavy atom. The third kappa shape index (κ3) is 5.53. The Kier molecular flexibility index (Phi) is 7.05. The molecule has 0 unspecified atom stereocenters. The van der Waals surface area contributed by atoms with Crippen LogP contribution in [0.15, 0.2) is 40.6 Å². The quantitative estimate of drug-likeness (QED) is 0.644. The number of sulfonamides is 1. The Morgan fingerprint density at radius 3 is 2.37 bits per heavy atom. The standard InChI is InChI=1S/C20H23ClN2O5S2/c1-13-9-11-23(12-10-13)19(24)14(2)28-20(25)15-3-5-16(6-4-15)22-30(26,27)18-8-7-17(21)29-18/h3-8,13-14,22H,9-12H2,1-2H3/t14-/m1/s1. The van der Waals surface area contributed by atoms with Crippen LogP contribution in [0.3, 0.4) is 0 Å². The molecule has 1 amide bonds. The maximum absolute atomic E-state index is 12.5. The number of hydrogen-bond acceptors (Lipinski definition) is 6. The first kappa shape index (κ1) is 22.6. The Hall–Kier alpha value is -2.10. The topological polar surface area (TPSA) is 92.8 Å². The van der Waals surface area contributed by atoms with Crippen molar-refractivity contribution in [3.63, 3.8) is 0 Å². The highest BCUT2D eigenvalue weighted by molar-refractivity contribution is 7.94. The van der Waals surface area contributed by atoms with E-state index in [1.807, 2.05) is 0 Å². The number of amides is 1. The Bertz CT molecular complexity index is 1010. The van der Waals surface area contributed by atoms with Gasteiger partial charge in [0.2, 0.25) is 0 Å². The number of rotatable bonds is 6. The second-order valence-corrected chi connectivity index (χ2v) is 10.9. The Morgan fingerprint density at radius 2 is 1.80 bits per heavy atom. The molecule has 0 aliphatic carbocycles. The van der Waals surface area contributed by atoms with Crippen molar-refractivity contribution in [3.8, 4) is 0 Å². The number of hydrogen-bond donors (Lipinski definition) is 1. The van der Waals surface area contributed by atoms with Gasteiger partial charge in [0.1, 0.15) is 4.21 Å². The number of esters is 1. The van der Waals surface area contributed by atoms with Gasteiger partial charge in [-0.05, 0) is 62.1 Å². The minimum atomic E-state index is -3.75. The van der Waals surface area contributed by atoms with Crippen molar-refractivity contribution in [2.24, 2.45) is 5.92 Å². The second-order valence-electron chi connectivity index (χ2n) is 7.30. The largest absolute Gasteiger partial charge is 0.449 e. The van der Waals surface area contributed by atoms with E-state index < -0.39 is 22.1 Å². The summed E-state index contributed by atoms with van der Waals surface area (Å²) in [6, 6.07) is 8.74. The summed E-state index contributed by atoms with van der Waals surface area (Å²) in [6.07, 6.45) is 1.01. The van der Waals surface area contributed by atoms with E-state index in [2.05, 4.69) is 11.6 Å². The van der Waals surface area contributed by atoms with Crippen molar-refractivity contribution in [1.29, 1.82) is 0 Å². The fourth-order valence-corrected chi connectivity index (χ4v) is 5.63. The van der Waals surface area contributed by atoms with E-state index in [1.54, 1.807) is 11.8 Å². The van der Waals surface area contributed by atoms with Crippen LogP contribution in [0.2, 0.25) is 4.34 Å². The first-order valence-electron chi connectivity index (χ1n) is 9.53. The lowest BCUT2D eigenvalue weighted by Gasteiger charge is -2.31. The number of piperidine rings is 1. The maximum atomic E-state index is 12.5. The highest BCUT2D eigenvalue weighted by Crippen LogP contribution is 2.27. The smallest absolute Gasteiger partial charge is 0.338 e. The number of nitrogens with one attached hydrogen (secondary N) is 1. The minimum absolute atomic E-state index is 0.0930. The van der Waals surface area contributed by atoms with Crippen LogP contribution in [0.1, 0.15) is 37.0 Å². The number of ether oxygens (including phenoxy) is 1. The molecule has 1 atom stereocenters. The molecule has 1 aromatic carbocycles. The third-order valence-electron chi connectivity index (χ3n) is 4.91. The summed E-state index contributed by atoms with van der Waals surface area (Å²) in [7, 11) is -3.75. The molecule has 162 valence electrons. The van der Waals surface area contributed by atoms with Crippen molar-refractivity contribution in [3.05, 3.63) is 46.3 Å². The van der Waals surface area contributed by atoms with Gasteiger partial charge in [-0.15, -0.1) is 11.3 Å². The molecule has 0 radical (unpaired) electrons. The lowest BCUT2D eigenvalue weighted by atomic mass is 9.99. The number of halogens is 1. The Balaban J connectivity index is 1.59. The molecule has 30 heavy (non-hydrogen) atoms. The van der Waals surface area contributed by atoms with Gasteiger partial charge in [-0.25, -0.2) is 13.2 Å². The average molecular weight is 471 g/mol. The molecule has 3 rings (SSSR count). The summed E-state index contributed by atoms with van der Waals surface area (Å²) in [6.45, 7) is 5.07. The van der Waals surface area contributed by atoms with E-state index in [0.29, 0.717) is 29.0 Å². The zero-order chi connectivity index (χ0) is 21.9. The highest BCUT2D eigenvalue weighted by Gasteiger charge is 2.27. The number of anilines is 1. The molecule has 2 heterocycles. The minimum Gasteiger partial charge on any atom is -0.449 e. The zero-order valence-electron chi connectivity index (χ0n) is 16.6. The van der Waals surface area contributed by atoms with Crippen LogP contribution in [-0.4, -0.2) is 44.4 Å². The van der Waals surface area contributed by atoms with Gasteiger partial charge in [-0.3, -0.25) is 9.52 Å². The van der Waals surface area contributed by atoms with E-state index in [-0.39, 0.29) is 15.7 Å². The Labute approximate surface area is 185 Å². The summed E-state index contributed by atoms with van der Waals surface area (Å²) in [5.41, 5.74) is 0.520. The second kappa shape index (κ2) is 9.36. The number of thiophene rings is 1. The fraction of sp³-hybridized carbons (Fsp3) is 0.400. The fourth-order valence-electron chi connectivity index (χ4n) is 3.09. The molecule has 0 saturated carbocycles. The van der Waals surface area contributed by atoms with Crippen molar-refractivity contribution in [1.82, 2.24) is 4.90 Å². The van der Waals surface area contributed by atoms with Gasteiger partial charge in [-0.1, -0.05) is 18.5 Å². The number of carbonyl (C=O) groups excluding carboxylic acids is 2. The molecule has 0 bridgehead atoms. The molecular formula is C20H23ClN2O5S2. The number of carbonyl (C=O) groups is 2. The van der Waals surface area contributed by atoms with E-state index in [1.165, 1.54) is 36.4 Å². The maximum Gasteiger partial charge on any atom is 0.338 e. The first-order chi connectivity index (χ1) is 14.2. The van der Waals surface area contributed by atoms with Gasteiger partial charge in [-0.2, -0.15) is 0 Å². The van der Waals surface area contributed by atoms with Gasteiger partial charge >= 0.3 is 5.97 Å². The van der Waals surface area contributed by atoms with E-state index in [4.69, 9.17) is 16.3 Å². The van der Waals surface area contributed by atoms with Crippen molar-refractivity contribution in [2.75, 3.05) is 17.8 Å². The third-order valence-corrected chi connectivity index (χ3v) is 8.02. The molecule has 1 aromatic heterocycles. The van der Waals surface area contributed by atoms with Crippen LogP contribution < -0.4 is 4.72 Å². The molecule has 1 aliphatic heterocycles. The van der Waals surface area contributed by atoms with E-state index in [0.717, 1.165) is 24.2 Å². The molecule has 0 spiro atoms. The van der Waals surface area contributed by atoms with Crippen molar-refractivity contribution >= 4 is 50.5 Å². The lowest BCUT2D eigenvalue weighted by molar-refractivity contribution is -0.141. The van der Waals surface area contributed by atoms with Gasteiger partial charge in [0.25, 0.3) is 15.9 Å². The number of nitrogens with zero attached hydrogens (tertiary/aromatic N) is 1. The van der Waals surface area contributed by atoms with Gasteiger partial charge in [0, 0.05) is 18.8 Å². The van der Waals surface area contributed by atoms with Crippen LogP contribution >= 0.6 is 22.9 Å². The molecule has 1 aliphatic rings. The average Bonchev–Trinajstić information content (AvgIpc) is 3.15. The van der Waals surface area contributed by atoms with E-state index >= 15 is 0 Å². The molecule has 1 fully saturated rings. The SMILES string of the molecule is CC1CCN(C(=O)[C@@H](C)OC(=O)c2ccc(NS(=O)(=O)c3ccc(Cl)s3)cc2)CC1. The summed E-state index contributed by atoms with van der Waals surface area (Å²) < 4.78 is 32.9. The van der Waals surface area contributed by atoms with Crippen LogP contribution in [0.25, 0.3) is 0 Å². The lowest BCUT2D eigenvalue weighted by Crippen LogP contribution is -2.44. The first-order valence-corrected chi connectivity index (χ1v) is 12.2. The predicted octanol–water partition coefficient (Wildman–Crippen LogP) is 4.01.